The molecule has 1 aromatic heterocycles. The topological polar surface area (TPSA) is 46.9 Å². The van der Waals surface area contributed by atoms with Crippen LogP contribution in [-0.2, 0) is 30.3 Å². The summed E-state index contributed by atoms with van der Waals surface area (Å²) in [5, 5.41) is 3.29. The van der Waals surface area contributed by atoms with Crippen molar-refractivity contribution in [3.63, 3.8) is 0 Å². The second kappa shape index (κ2) is 4.90. The number of hydrogen-bond acceptors (Lipinski definition) is 3. The first-order valence-corrected chi connectivity index (χ1v) is 6.88. The van der Waals surface area contributed by atoms with Crippen LogP contribution in [0.25, 0.3) is 0 Å². The third-order valence-electron chi connectivity index (χ3n) is 2.75. The predicted molar refractivity (Wildman–Crippen MR) is 61.2 cm³/mol. The summed E-state index contributed by atoms with van der Waals surface area (Å²) in [6, 6.07) is 0. The van der Waals surface area contributed by atoms with Crippen LogP contribution in [0.1, 0.15) is 18.3 Å². The Morgan fingerprint density at radius 2 is 2.53 bits per heavy atom. The first-order chi connectivity index (χ1) is 7.31. The minimum absolute atomic E-state index is 0.677. The van der Waals surface area contributed by atoms with Crippen molar-refractivity contribution >= 4 is 10.8 Å². The van der Waals surface area contributed by atoms with Crippen LogP contribution in [0, 0.1) is 0 Å². The fourth-order valence-corrected chi connectivity index (χ4v) is 2.52. The van der Waals surface area contributed by atoms with Crippen LogP contribution in [0.15, 0.2) is 6.33 Å². The summed E-state index contributed by atoms with van der Waals surface area (Å²) in [6.45, 7) is 4.70. The molecule has 84 valence electrons. The van der Waals surface area contributed by atoms with Gasteiger partial charge in [-0.2, -0.15) is 0 Å². The highest BCUT2D eigenvalue weighted by molar-refractivity contribution is 7.84. The van der Waals surface area contributed by atoms with Crippen LogP contribution in [0.4, 0.5) is 0 Å². The molecule has 0 amide bonds. The molecule has 0 spiro atoms. The van der Waals surface area contributed by atoms with Crippen LogP contribution in [0.2, 0.25) is 0 Å². The average Bonchev–Trinajstić information content (AvgIpc) is 2.69. The van der Waals surface area contributed by atoms with Crippen molar-refractivity contribution < 1.29 is 4.21 Å². The van der Waals surface area contributed by atoms with Crippen LogP contribution < -0.4 is 5.32 Å². The lowest BCUT2D eigenvalue weighted by atomic mass is 10.2. The lowest BCUT2D eigenvalue weighted by Gasteiger charge is -2.14. The van der Waals surface area contributed by atoms with E-state index in [0.717, 1.165) is 43.3 Å². The number of hydrogen-bond donors (Lipinski definition) is 1. The summed E-state index contributed by atoms with van der Waals surface area (Å²) < 4.78 is 13.5. The van der Waals surface area contributed by atoms with Crippen LogP contribution in [0.5, 0.6) is 0 Å². The van der Waals surface area contributed by atoms with Crippen molar-refractivity contribution in [2.45, 2.75) is 26.4 Å². The second-order valence-electron chi connectivity index (χ2n) is 3.69. The Kier molecular flexibility index (Phi) is 3.53. The second-order valence-corrected chi connectivity index (χ2v) is 5.56. The molecule has 2 heterocycles. The van der Waals surface area contributed by atoms with Crippen molar-refractivity contribution in [1.82, 2.24) is 14.9 Å². The third-order valence-corrected chi connectivity index (χ3v) is 4.03. The molecule has 1 atom stereocenters. The molecule has 0 aliphatic carbocycles. The molecule has 0 fully saturated rings. The molecule has 15 heavy (non-hydrogen) atoms. The predicted octanol–water partition coefficient (Wildman–Crippen LogP) is 0.297. The van der Waals surface area contributed by atoms with E-state index < -0.39 is 10.8 Å². The van der Waals surface area contributed by atoms with E-state index in [9.17, 15) is 4.21 Å². The number of rotatable bonds is 4. The molecule has 0 aromatic carbocycles. The Balaban J connectivity index is 2.02. The van der Waals surface area contributed by atoms with E-state index in [1.165, 1.54) is 5.69 Å². The molecule has 5 heteroatoms. The molecular weight excluding hydrogens is 210 g/mol. The molecule has 1 N–H and O–H groups in total. The van der Waals surface area contributed by atoms with Crippen molar-refractivity contribution in [2.75, 3.05) is 18.1 Å². The highest BCUT2D eigenvalue weighted by Gasteiger charge is 2.14. The molecular formula is C10H17N3OS. The van der Waals surface area contributed by atoms with E-state index in [0.29, 0.717) is 0 Å². The molecule has 1 unspecified atom stereocenters. The molecule has 1 aliphatic heterocycles. The maximum Gasteiger partial charge on any atom is 0.0952 e. The number of nitrogens with one attached hydrogen (secondary N) is 1. The van der Waals surface area contributed by atoms with Gasteiger partial charge in [0, 0.05) is 54.1 Å². The van der Waals surface area contributed by atoms with Crippen molar-refractivity contribution in [1.29, 1.82) is 0 Å². The molecule has 0 radical (unpaired) electrons. The number of aromatic nitrogens is 2. The standard InChI is InChI=1S/C10H17N3OS/c1-2-15(14)6-5-13-8-12-9-7-11-4-3-10(9)13/h8,11H,2-7H2,1H3. The zero-order valence-corrected chi connectivity index (χ0v) is 9.85. The Bertz CT molecular complexity index is 362. The number of imidazole rings is 1. The Labute approximate surface area is 92.5 Å². The maximum atomic E-state index is 11.3. The third kappa shape index (κ3) is 2.46. The first kappa shape index (κ1) is 10.8. The van der Waals surface area contributed by atoms with Gasteiger partial charge in [0.15, 0.2) is 0 Å². The average molecular weight is 227 g/mol. The summed E-state index contributed by atoms with van der Waals surface area (Å²) in [7, 11) is -0.677. The summed E-state index contributed by atoms with van der Waals surface area (Å²) in [4.78, 5) is 4.36. The monoisotopic (exact) mass is 227 g/mol. The Morgan fingerprint density at radius 3 is 3.33 bits per heavy atom. The van der Waals surface area contributed by atoms with Crippen LogP contribution in [-0.4, -0.2) is 31.8 Å². The van der Waals surface area contributed by atoms with Gasteiger partial charge in [-0.25, -0.2) is 4.98 Å². The molecule has 4 nitrogen and oxygen atoms in total. The van der Waals surface area contributed by atoms with Gasteiger partial charge in [0.25, 0.3) is 0 Å². The van der Waals surface area contributed by atoms with Gasteiger partial charge in [-0.05, 0) is 0 Å². The van der Waals surface area contributed by atoms with Crippen molar-refractivity contribution in [3.8, 4) is 0 Å². The SMILES string of the molecule is CCS(=O)CCn1cnc2c1CCNC2. The first-order valence-electron chi connectivity index (χ1n) is 5.40. The molecule has 2 rings (SSSR count). The lowest BCUT2D eigenvalue weighted by molar-refractivity contribution is 0.596. The Hall–Kier alpha value is -0.680. The van der Waals surface area contributed by atoms with Gasteiger partial charge >= 0.3 is 0 Å². The number of aryl methyl sites for hydroxylation is 1. The highest BCUT2D eigenvalue weighted by Crippen LogP contribution is 2.11. The molecule has 0 saturated heterocycles. The summed E-state index contributed by atoms with van der Waals surface area (Å²) in [5.41, 5.74) is 2.48. The summed E-state index contributed by atoms with van der Waals surface area (Å²) >= 11 is 0. The van der Waals surface area contributed by atoms with E-state index in [1.54, 1.807) is 0 Å². The minimum Gasteiger partial charge on any atom is -0.333 e. The van der Waals surface area contributed by atoms with Crippen molar-refractivity contribution in [3.05, 3.63) is 17.7 Å². The highest BCUT2D eigenvalue weighted by atomic mass is 32.2. The van der Waals surface area contributed by atoms with Gasteiger partial charge in [0.05, 0.1) is 12.0 Å². The number of nitrogens with zero attached hydrogens (tertiary/aromatic N) is 2. The van der Waals surface area contributed by atoms with Crippen LogP contribution in [0.3, 0.4) is 0 Å². The largest absolute Gasteiger partial charge is 0.333 e. The smallest absolute Gasteiger partial charge is 0.0952 e. The van der Waals surface area contributed by atoms with E-state index >= 15 is 0 Å². The van der Waals surface area contributed by atoms with Gasteiger partial charge in [0.1, 0.15) is 0 Å². The normalized spacial score (nSPS) is 17.4. The molecule has 1 aromatic rings. The lowest BCUT2D eigenvalue weighted by Crippen LogP contribution is -2.25. The molecule has 0 bridgehead atoms. The fraction of sp³-hybridized carbons (Fsp3) is 0.700. The van der Waals surface area contributed by atoms with E-state index in [2.05, 4.69) is 14.9 Å². The van der Waals surface area contributed by atoms with Gasteiger partial charge in [0.2, 0.25) is 0 Å². The maximum absolute atomic E-state index is 11.3. The Morgan fingerprint density at radius 1 is 1.67 bits per heavy atom. The zero-order valence-electron chi connectivity index (χ0n) is 9.03. The summed E-state index contributed by atoms with van der Waals surface area (Å²) in [5.74, 6) is 1.49. The minimum atomic E-state index is -0.677. The van der Waals surface area contributed by atoms with Crippen molar-refractivity contribution in [2.24, 2.45) is 0 Å². The fourth-order valence-electron chi connectivity index (χ4n) is 1.84. The number of fused-ring (bicyclic) bond motifs is 1. The molecule has 0 saturated carbocycles. The quantitative estimate of drug-likeness (QED) is 0.804. The van der Waals surface area contributed by atoms with Crippen LogP contribution >= 0.6 is 0 Å². The van der Waals surface area contributed by atoms with E-state index in [-0.39, 0.29) is 0 Å². The molecule has 1 aliphatic rings. The van der Waals surface area contributed by atoms with Gasteiger partial charge < -0.3 is 9.88 Å². The van der Waals surface area contributed by atoms with Gasteiger partial charge in [-0.1, -0.05) is 6.92 Å². The van der Waals surface area contributed by atoms with E-state index in [4.69, 9.17) is 0 Å². The van der Waals surface area contributed by atoms with Gasteiger partial charge in [-0.3, -0.25) is 4.21 Å². The van der Waals surface area contributed by atoms with Gasteiger partial charge in [-0.15, -0.1) is 0 Å². The van der Waals surface area contributed by atoms with E-state index in [1.807, 2.05) is 13.3 Å². The zero-order chi connectivity index (χ0) is 10.7. The summed E-state index contributed by atoms with van der Waals surface area (Å²) in [6.07, 6.45) is 2.92.